The minimum atomic E-state index is -1.36. The summed E-state index contributed by atoms with van der Waals surface area (Å²) in [4.78, 5) is 14.9. The maximum Gasteiger partial charge on any atom is 0.346 e. The molecule has 128 valence electrons. The van der Waals surface area contributed by atoms with Crippen LogP contribution < -0.4 is 0 Å². The number of carbonyl (C=O) groups is 1. The van der Waals surface area contributed by atoms with Gasteiger partial charge in [-0.15, -0.1) is 0 Å². The number of nitriles is 1. The van der Waals surface area contributed by atoms with Gasteiger partial charge in [0, 0.05) is 0 Å². The molecule has 2 aliphatic rings. The fourth-order valence-corrected chi connectivity index (χ4v) is 3.96. The molecule has 3 rings (SSSR count). The zero-order valence-electron chi connectivity index (χ0n) is 14.2. The van der Waals surface area contributed by atoms with Crippen LogP contribution in [0.15, 0.2) is 30.3 Å². The van der Waals surface area contributed by atoms with Crippen molar-refractivity contribution in [2.75, 3.05) is 26.8 Å². The molecule has 1 aromatic rings. The smallest absolute Gasteiger partial charge is 0.346 e. The molecule has 0 saturated carbocycles. The van der Waals surface area contributed by atoms with Gasteiger partial charge in [-0.1, -0.05) is 49.6 Å². The quantitative estimate of drug-likeness (QED) is 0.798. The molecule has 0 bridgehead atoms. The normalized spacial score (nSPS) is 31.2. The van der Waals surface area contributed by atoms with Crippen molar-refractivity contribution in [3.8, 4) is 6.07 Å². The van der Waals surface area contributed by atoms with Gasteiger partial charge in [-0.05, 0) is 31.5 Å². The predicted molar refractivity (Wildman–Crippen MR) is 89.1 cm³/mol. The Balaban J connectivity index is 2.05. The summed E-state index contributed by atoms with van der Waals surface area (Å²) in [5, 5.41) is 10.1. The number of benzene rings is 1. The van der Waals surface area contributed by atoms with E-state index in [2.05, 4.69) is 11.0 Å². The van der Waals surface area contributed by atoms with Crippen LogP contribution in [0.1, 0.15) is 37.7 Å². The number of ether oxygens (including phenoxy) is 2. The van der Waals surface area contributed by atoms with Gasteiger partial charge in [-0.3, -0.25) is 4.90 Å². The lowest BCUT2D eigenvalue weighted by atomic mass is 9.69. The molecule has 0 spiro atoms. The van der Waals surface area contributed by atoms with Gasteiger partial charge in [0.25, 0.3) is 0 Å². The fourth-order valence-electron chi connectivity index (χ4n) is 3.96. The van der Waals surface area contributed by atoms with E-state index in [1.807, 2.05) is 30.3 Å². The van der Waals surface area contributed by atoms with Crippen molar-refractivity contribution in [1.82, 2.24) is 4.90 Å². The van der Waals surface area contributed by atoms with Gasteiger partial charge in [0.05, 0.1) is 19.8 Å². The maximum absolute atomic E-state index is 12.8. The number of hydrogen-bond acceptors (Lipinski definition) is 5. The van der Waals surface area contributed by atoms with Gasteiger partial charge in [0.1, 0.15) is 0 Å². The number of hydrogen-bond donors (Lipinski definition) is 0. The van der Waals surface area contributed by atoms with Crippen LogP contribution in [0.4, 0.5) is 0 Å². The van der Waals surface area contributed by atoms with Crippen molar-refractivity contribution in [1.29, 1.82) is 5.26 Å². The van der Waals surface area contributed by atoms with Gasteiger partial charge < -0.3 is 9.47 Å². The molecule has 2 atom stereocenters. The van der Waals surface area contributed by atoms with Crippen molar-refractivity contribution in [3.05, 3.63) is 35.9 Å². The second-order valence-corrected chi connectivity index (χ2v) is 6.55. The zero-order chi connectivity index (χ0) is 17.0. The molecule has 5 heteroatoms. The molecule has 1 aromatic carbocycles. The Morgan fingerprint density at radius 1 is 1.17 bits per heavy atom. The summed E-state index contributed by atoms with van der Waals surface area (Å²) in [7, 11) is 1.35. The molecule has 0 unspecified atom stereocenters. The van der Waals surface area contributed by atoms with Crippen molar-refractivity contribution < 1.29 is 14.3 Å². The molecule has 0 N–H and O–H groups in total. The lowest BCUT2D eigenvalue weighted by Gasteiger charge is -2.57. The Morgan fingerprint density at radius 3 is 2.29 bits per heavy atom. The molecular formula is C19H24N2O3. The molecule has 0 aliphatic carbocycles. The summed E-state index contributed by atoms with van der Waals surface area (Å²) in [5.74, 6) is -0.497. The van der Waals surface area contributed by atoms with Crippen LogP contribution in [0, 0.1) is 11.3 Å². The lowest BCUT2D eigenvalue weighted by molar-refractivity contribution is -0.261. The maximum atomic E-state index is 12.8. The van der Waals surface area contributed by atoms with E-state index >= 15 is 0 Å². The summed E-state index contributed by atoms with van der Waals surface area (Å²) < 4.78 is 10.9. The highest BCUT2D eigenvalue weighted by molar-refractivity contribution is 5.86. The molecule has 0 aromatic heterocycles. The summed E-state index contributed by atoms with van der Waals surface area (Å²) in [5.41, 5.74) is -1.68. The van der Waals surface area contributed by atoms with E-state index in [1.165, 1.54) is 13.5 Å². The second-order valence-electron chi connectivity index (χ2n) is 6.55. The second kappa shape index (κ2) is 6.92. The van der Waals surface area contributed by atoms with Gasteiger partial charge in [0.2, 0.25) is 5.60 Å². The zero-order valence-corrected chi connectivity index (χ0v) is 14.2. The SMILES string of the molecule is COC(=O)[C@@]1(c2ccccc2)OC[C@]1(C#N)N1CCCCCCC1. The molecule has 2 fully saturated rings. The van der Waals surface area contributed by atoms with Crippen LogP contribution in [-0.4, -0.2) is 43.2 Å². The van der Waals surface area contributed by atoms with E-state index in [0.29, 0.717) is 5.56 Å². The number of esters is 1. The van der Waals surface area contributed by atoms with Crippen molar-refractivity contribution in [2.24, 2.45) is 0 Å². The minimum Gasteiger partial charge on any atom is -0.467 e. The first kappa shape index (κ1) is 16.9. The van der Waals surface area contributed by atoms with E-state index in [-0.39, 0.29) is 6.61 Å². The number of nitrogens with zero attached hydrogens (tertiary/aromatic N) is 2. The third-order valence-corrected chi connectivity index (χ3v) is 5.31. The Kier molecular flexibility index (Phi) is 4.88. The molecule has 0 radical (unpaired) electrons. The third kappa shape index (κ3) is 2.42. The van der Waals surface area contributed by atoms with Crippen LogP contribution in [-0.2, 0) is 19.9 Å². The number of likely N-dealkylation sites (tertiary alicyclic amines) is 1. The Bertz CT molecular complexity index is 619. The standard InChI is InChI=1S/C19H24N2O3/c1-23-17(22)19(16-10-6-5-7-11-16)18(14-20,15-24-19)21-12-8-3-2-4-9-13-21/h5-7,10-11H,2-4,8-9,12-13,15H2,1H3/t18-,19+/m0/s1. The summed E-state index contributed by atoms with van der Waals surface area (Å²) in [6.07, 6.45) is 5.64. The Labute approximate surface area is 143 Å². The van der Waals surface area contributed by atoms with Crippen LogP contribution in [0.5, 0.6) is 0 Å². The first-order valence-electron chi connectivity index (χ1n) is 8.65. The van der Waals surface area contributed by atoms with E-state index in [1.54, 1.807) is 0 Å². The van der Waals surface area contributed by atoms with Gasteiger partial charge in [-0.25, -0.2) is 4.79 Å². The number of carbonyl (C=O) groups excluding carboxylic acids is 1. The largest absolute Gasteiger partial charge is 0.467 e. The Hall–Kier alpha value is -1.90. The third-order valence-electron chi connectivity index (χ3n) is 5.31. The lowest BCUT2D eigenvalue weighted by Crippen LogP contribution is -2.76. The minimum absolute atomic E-state index is 0.230. The first-order chi connectivity index (χ1) is 11.7. The summed E-state index contributed by atoms with van der Waals surface area (Å²) >= 11 is 0. The topological polar surface area (TPSA) is 62.6 Å². The molecule has 0 amide bonds. The van der Waals surface area contributed by atoms with Gasteiger partial charge in [0.15, 0.2) is 5.54 Å². The molecule has 2 aliphatic heterocycles. The van der Waals surface area contributed by atoms with Crippen LogP contribution in [0.2, 0.25) is 0 Å². The fraction of sp³-hybridized carbons (Fsp3) is 0.579. The number of methoxy groups -OCH3 is 1. The first-order valence-corrected chi connectivity index (χ1v) is 8.65. The predicted octanol–water partition coefficient (Wildman–Crippen LogP) is 2.61. The van der Waals surface area contributed by atoms with Crippen molar-refractivity contribution in [2.45, 2.75) is 43.2 Å². The average molecular weight is 328 g/mol. The van der Waals surface area contributed by atoms with E-state index in [4.69, 9.17) is 9.47 Å². The van der Waals surface area contributed by atoms with E-state index in [0.717, 1.165) is 38.8 Å². The number of rotatable bonds is 3. The van der Waals surface area contributed by atoms with Crippen molar-refractivity contribution >= 4 is 5.97 Å². The molecule has 2 heterocycles. The van der Waals surface area contributed by atoms with Crippen LogP contribution in [0.3, 0.4) is 0 Å². The van der Waals surface area contributed by atoms with Gasteiger partial charge in [-0.2, -0.15) is 5.26 Å². The molecule has 24 heavy (non-hydrogen) atoms. The highest BCUT2D eigenvalue weighted by Gasteiger charge is 2.71. The van der Waals surface area contributed by atoms with E-state index < -0.39 is 17.1 Å². The molecular weight excluding hydrogens is 304 g/mol. The van der Waals surface area contributed by atoms with E-state index in [9.17, 15) is 10.1 Å². The summed E-state index contributed by atoms with van der Waals surface area (Å²) in [6, 6.07) is 11.7. The Morgan fingerprint density at radius 2 is 1.79 bits per heavy atom. The van der Waals surface area contributed by atoms with Gasteiger partial charge >= 0.3 is 5.97 Å². The van der Waals surface area contributed by atoms with Crippen LogP contribution in [0.25, 0.3) is 0 Å². The summed E-state index contributed by atoms with van der Waals surface area (Å²) in [6.45, 7) is 1.85. The average Bonchev–Trinajstić information content (AvgIpc) is 2.57. The highest BCUT2D eigenvalue weighted by Crippen LogP contribution is 2.50. The molecule has 2 saturated heterocycles. The highest BCUT2D eigenvalue weighted by atomic mass is 16.6. The van der Waals surface area contributed by atoms with Crippen LogP contribution >= 0.6 is 0 Å². The van der Waals surface area contributed by atoms with Crippen molar-refractivity contribution in [3.63, 3.8) is 0 Å². The monoisotopic (exact) mass is 328 g/mol. The molecule has 5 nitrogen and oxygen atoms in total.